The number of hydrogen-bond acceptors (Lipinski definition) is 5. The van der Waals surface area contributed by atoms with E-state index in [4.69, 9.17) is 16.9 Å². The van der Waals surface area contributed by atoms with Crippen molar-refractivity contribution in [1.29, 1.82) is 0 Å². The minimum absolute atomic E-state index is 0.106. The number of methoxy groups -OCH3 is 1. The number of nitrogens with one attached hydrogen (secondary N) is 1. The molecular weight excluding hydrogens is 310 g/mol. The largest absolute Gasteiger partial charge is 0.383 e. The first-order valence-corrected chi connectivity index (χ1v) is 7.47. The number of amides is 2. The molecule has 0 spiro atoms. The lowest BCUT2D eigenvalue weighted by molar-refractivity contribution is -0.127. The molecule has 1 fully saturated rings. The van der Waals surface area contributed by atoms with E-state index in [1.54, 1.807) is 23.7 Å². The summed E-state index contributed by atoms with van der Waals surface area (Å²) in [6.07, 6.45) is 7.33. The van der Waals surface area contributed by atoms with Gasteiger partial charge in [0, 0.05) is 20.7 Å². The average Bonchev–Trinajstić information content (AvgIpc) is 3.15. The topological polar surface area (TPSA) is 102 Å². The molecule has 128 valence electrons. The SMILES string of the molecule is C#Cc1nn(C2C[C@H](COC)N(C(=O)C=C)C2)c(NC)c1C(N)=O. The first-order chi connectivity index (χ1) is 11.5. The van der Waals surface area contributed by atoms with Crippen molar-refractivity contribution in [3.8, 4) is 12.3 Å². The molecule has 1 aliphatic rings. The molecule has 0 radical (unpaired) electrons. The van der Waals surface area contributed by atoms with Crippen LogP contribution in [-0.4, -0.2) is 59.8 Å². The Bertz CT molecular complexity index is 703. The molecule has 2 heterocycles. The summed E-state index contributed by atoms with van der Waals surface area (Å²) >= 11 is 0. The molecular formula is C16H21N5O3. The zero-order valence-electron chi connectivity index (χ0n) is 13.8. The molecule has 8 heteroatoms. The first-order valence-electron chi connectivity index (χ1n) is 7.47. The van der Waals surface area contributed by atoms with Crippen LogP contribution in [0.5, 0.6) is 0 Å². The third-order valence-electron chi connectivity index (χ3n) is 4.09. The number of likely N-dealkylation sites (tertiary alicyclic amines) is 1. The molecule has 2 amide bonds. The monoisotopic (exact) mass is 331 g/mol. The highest BCUT2D eigenvalue weighted by Gasteiger charge is 2.37. The molecule has 1 aliphatic heterocycles. The van der Waals surface area contributed by atoms with Gasteiger partial charge in [0.05, 0.1) is 18.7 Å². The van der Waals surface area contributed by atoms with E-state index in [1.165, 1.54) is 6.08 Å². The number of ether oxygens (including phenoxy) is 1. The van der Waals surface area contributed by atoms with Crippen molar-refractivity contribution in [2.45, 2.75) is 18.5 Å². The number of hydrogen-bond donors (Lipinski definition) is 2. The Balaban J connectivity index is 2.42. The van der Waals surface area contributed by atoms with Gasteiger partial charge in [-0.05, 0) is 18.4 Å². The third-order valence-corrected chi connectivity index (χ3v) is 4.09. The fraction of sp³-hybridized carbons (Fsp3) is 0.438. The summed E-state index contributed by atoms with van der Waals surface area (Å²) in [6, 6.07) is -0.262. The molecule has 3 N–H and O–H groups in total. The van der Waals surface area contributed by atoms with Crippen LogP contribution >= 0.6 is 0 Å². The summed E-state index contributed by atoms with van der Waals surface area (Å²) in [5, 5.41) is 7.26. The zero-order valence-corrected chi connectivity index (χ0v) is 13.8. The van der Waals surface area contributed by atoms with Crippen LogP contribution in [0.1, 0.15) is 28.5 Å². The summed E-state index contributed by atoms with van der Waals surface area (Å²) in [5.74, 6) is 2.01. The van der Waals surface area contributed by atoms with Gasteiger partial charge in [0.1, 0.15) is 17.1 Å². The average molecular weight is 331 g/mol. The maximum Gasteiger partial charge on any atom is 0.255 e. The molecule has 1 aromatic rings. The van der Waals surface area contributed by atoms with Crippen LogP contribution in [-0.2, 0) is 9.53 Å². The Kier molecular flexibility index (Phi) is 5.26. The summed E-state index contributed by atoms with van der Waals surface area (Å²) in [4.78, 5) is 25.5. The number of carbonyl (C=O) groups excluding carboxylic acids is 2. The highest BCUT2D eigenvalue weighted by Crippen LogP contribution is 2.32. The van der Waals surface area contributed by atoms with Crippen molar-refractivity contribution >= 4 is 17.6 Å². The smallest absolute Gasteiger partial charge is 0.255 e. The quantitative estimate of drug-likeness (QED) is 0.563. The Morgan fingerprint density at radius 2 is 2.33 bits per heavy atom. The second kappa shape index (κ2) is 7.19. The molecule has 2 rings (SSSR count). The van der Waals surface area contributed by atoms with Crippen LogP contribution in [0.15, 0.2) is 12.7 Å². The van der Waals surface area contributed by atoms with Gasteiger partial charge < -0.3 is 20.7 Å². The second-order valence-corrected chi connectivity index (χ2v) is 5.47. The Morgan fingerprint density at radius 1 is 1.62 bits per heavy atom. The summed E-state index contributed by atoms with van der Waals surface area (Å²) < 4.78 is 6.83. The van der Waals surface area contributed by atoms with Crippen molar-refractivity contribution < 1.29 is 14.3 Å². The predicted molar refractivity (Wildman–Crippen MR) is 89.5 cm³/mol. The third kappa shape index (κ3) is 2.98. The number of terminal acetylenes is 1. The van der Waals surface area contributed by atoms with E-state index in [9.17, 15) is 9.59 Å². The van der Waals surface area contributed by atoms with E-state index in [-0.39, 0.29) is 29.2 Å². The normalized spacial score (nSPS) is 19.8. The Hall–Kier alpha value is -2.79. The van der Waals surface area contributed by atoms with E-state index >= 15 is 0 Å². The lowest BCUT2D eigenvalue weighted by Crippen LogP contribution is -2.37. The maximum absolute atomic E-state index is 12.1. The highest BCUT2D eigenvalue weighted by atomic mass is 16.5. The van der Waals surface area contributed by atoms with E-state index in [0.717, 1.165) is 0 Å². The van der Waals surface area contributed by atoms with Crippen LogP contribution in [0, 0.1) is 12.3 Å². The molecule has 1 saturated heterocycles. The van der Waals surface area contributed by atoms with Gasteiger partial charge in [-0.25, -0.2) is 4.68 Å². The molecule has 1 unspecified atom stereocenters. The van der Waals surface area contributed by atoms with Gasteiger partial charge in [-0.15, -0.1) is 6.42 Å². The number of primary amides is 1. The lowest BCUT2D eigenvalue weighted by Gasteiger charge is -2.22. The standard InChI is InChI=1S/C16H21N5O3/c1-5-12-14(15(17)23)16(18-3)21(19-12)10-7-11(9-24-4)20(8-10)13(22)6-2/h1,6,10-11,18H,2,7-9H2,3-4H3,(H2,17,23)/t10?,11-/m1/s1. The van der Waals surface area contributed by atoms with Crippen molar-refractivity contribution in [2.24, 2.45) is 5.73 Å². The van der Waals surface area contributed by atoms with E-state index < -0.39 is 5.91 Å². The maximum atomic E-state index is 12.1. The number of carbonyl (C=O) groups is 2. The molecule has 2 atom stereocenters. The minimum Gasteiger partial charge on any atom is -0.383 e. The molecule has 8 nitrogen and oxygen atoms in total. The van der Waals surface area contributed by atoms with Crippen molar-refractivity contribution in [2.75, 3.05) is 32.6 Å². The zero-order chi connectivity index (χ0) is 17.9. The Labute approximate surface area is 140 Å². The fourth-order valence-corrected chi connectivity index (χ4v) is 3.08. The number of anilines is 1. The molecule has 0 bridgehead atoms. The van der Waals surface area contributed by atoms with Crippen LogP contribution in [0.25, 0.3) is 0 Å². The summed E-state index contributed by atoms with van der Waals surface area (Å²) in [7, 11) is 3.24. The lowest BCUT2D eigenvalue weighted by atomic mass is 10.1. The number of nitrogens with zero attached hydrogens (tertiary/aromatic N) is 3. The van der Waals surface area contributed by atoms with Gasteiger partial charge >= 0.3 is 0 Å². The van der Waals surface area contributed by atoms with Crippen molar-refractivity contribution in [1.82, 2.24) is 14.7 Å². The number of aromatic nitrogens is 2. The minimum atomic E-state index is -0.649. The van der Waals surface area contributed by atoms with Crippen molar-refractivity contribution in [3.05, 3.63) is 23.9 Å². The van der Waals surface area contributed by atoms with Gasteiger partial charge in [0.2, 0.25) is 5.91 Å². The van der Waals surface area contributed by atoms with Gasteiger partial charge in [-0.2, -0.15) is 5.10 Å². The van der Waals surface area contributed by atoms with Crippen LogP contribution in [0.3, 0.4) is 0 Å². The first kappa shape index (κ1) is 17.6. The summed E-state index contributed by atoms with van der Waals surface area (Å²) in [6.45, 7) is 4.35. The van der Waals surface area contributed by atoms with Gasteiger partial charge in [0.15, 0.2) is 0 Å². The van der Waals surface area contributed by atoms with Crippen LogP contribution < -0.4 is 11.1 Å². The van der Waals surface area contributed by atoms with E-state index in [0.29, 0.717) is 25.4 Å². The van der Waals surface area contributed by atoms with Crippen LogP contribution in [0.4, 0.5) is 5.82 Å². The van der Waals surface area contributed by atoms with Gasteiger partial charge in [-0.1, -0.05) is 6.58 Å². The summed E-state index contributed by atoms with van der Waals surface area (Å²) in [5.41, 5.74) is 5.79. The molecule has 0 aromatic carbocycles. The van der Waals surface area contributed by atoms with E-state index in [2.05, 4.69) is 22.9 Å². The molecule has 0 aliphatic carbocycles. The van der Waals surface area contributed by atoms with Gasteiger partial charge in [0.25, 0.3) is 5.91 Å². The second-order valence-electron chi connectivity index (χ2n) is 5.47. The van der Waals surface area contributed by atoms with Crippen LogP contribution in [0.2, 0.25) is 0 Å². The van der Waals surface area contributed by atoms with Gasteiger partial charge in [-0.3, -0.25) is 9.59 Å². The molecule has 0 saturated carbocycles. The predicted octanol–water partition coefficient (Wildman–Crippen LogP) is -0.0206. The molecule has 24 heavy (non-hydrogen) atoms. The molecule has 1 aromatic heterocycles. The number of rotatable bonds is 6. The van der Waals surface area contributed by atoms with Crippen molar-refractivity contribution in [3.63, 3.8) is 0 Å². The number of nitrogens with two attached hydrogens (primary N) is 1. The fourth-order valence-electron chi connectivity index (χ4n) is 3.08. The van der Waals surface area contributed by atoms with E-state index in [1.807, 2.05) is 0 Å². The highest BCUT2D eigenvalue weighted by molar-refractivity contribution is 6.00. The Morgan fingerprint density at radius 3 is 2.83 bits per heavy atom.